The number of thiazole rings is 1. The molecule has 9 heteroatoms. The zero-order valence-electron chi connectivity index (χ0n) is 19.0. The third-order valence-corrected chi connectivity index (χ3v) is 7.42. The van der Waals surface area contributed by atoms with E-state index < -0.39 is 17.7 Å². The summed E-state index contributed by atoms with van der Waals surface area (Å²) in [6.07, 6.45) is 0. The number of aromatic nitrogens is 1. The molecule has 1 amide bonds. The van der Waals surface area contributed by atoms with E-state index in [1.54, 1.807) is 42.5 Å². The lowest BCUT2D eigenvalue weighted by molar-refractivity contribution is -0.132. The maximum Gasteiger partial charge on any atom is 0.301 e. The second kappa shape index (κ2) is 8.65. The third kappa shape index (κ3) is 3.70. The summed E-state index contributed by atoms with van der Waals surface area (Å²) in [5.41, 5.74) is 2.65. The number of fused-ring (bicyclic) bond motifs is 2. The fourth-order valence-electron chi connectivity index (χ4n) is 4.49. The minimum Gasteiger partial charge on any atom is -0.507 e. The summed E-state index contributed by atoms with van der Waals surface area (Å²) in [4.78, 5) is 32.8. The van der Waals surface area contributed by atoms with Gasteiger partial charge in [-0.3, -0.25) is 14.5 Å². The Hall–Kier alpha value is -3.88. The van der Waals surface area contributed by atoms with Crippen LogP contribution in [0.2, 0.25) is 5.02 Å². The van der Waals surface area contributed by atoms with Crippen molar-refractivity contribution in [2.45, 2.75) is 13.0 Å². The second-order valence-electron chi connectivity index (χ2n) is 8.55. The van der Waals surface area contributed by atoms with Crippen molar-refractivity contribution in [2.24, 2.45) is 0 Å². The Bertz CT molecular complexity index is 1590. The van der Waals surface area contributed by atoms with E-state index in [1.807, 2.05) is 25.1 Å². The number of carbonyl (C=O) groups excluding carboxylic acids is 2. The standard InChI is InChI=1S/C27H19ClN2O5S/c1-14-5-7-18-21(11-14)36-27(29-18)30-23(15-3-2-4-17(28)12-15)22(25(32)26(30)33)24(31)16-6-8-19-20(13-16)35-10-9-34-19/h2-8,11-13,23,31H,9-10H2,1H3. The van der Waals surface area contributed by atoms with Gasteiger partial charge in [0.25, 0.3) is 5.78 Å². The fourth-order valence-corrected chi connectivity index (χ4v) is 5.78. The maximum atomic E-state index is 13.4. The molecule has 2 aliphatic rings. The number of hydrogen-bond acceptors (Lipinski definition) is 7. The number of benzene rings is 3. The first-order valence-electron chi connectivity index (χ1n) is 11.2. The zero-order chi connectivity index (χ0) is 25.0. The molecule has 4 aromatic rings. The lowest BCUT2D eigenvalue weighted by atomic mass is 9.95. The Morgan fingerprint density at radius 3 is 2.67 bits per heavy atom. The van der Waals surface area contributed by atoms with Crippen LogP contribution in [0.5, 0.6) is 11.5 Å². The van der Waals surface area contributed by atoms with Crippen molar-refractivity contribution in [1.82, 2.24) is 4.98 Å². The summed E-state index contributed by atoms with van der Waals surface area (Å²) < 4.78 is 12.1. The first kappa shape index (κ1) is 22.6. The topological polar surface area (TPSA) is 89.0 Å². The van der Waals surface area contributed by atoms with Crippen molar-refractivity contribution in [3.8, 4) is 11.5 Å². The van der Waals surface area contributed by atoms with Crippen LogP contribution in [0.1, 0.15) is 22.7 Å². The average Bonchev–Trinajstić information content (AvgIpc) is 3.41. The van der Waals surface area contributed by atoms with Crippen molar-refractivity contribution in [1.29, 1.82) is 0 Å². The fraction of sp³-hybridized carbons (Fsp3) is 0.148. The van der Waals surface area contributed by atoms with Crippen LogP contribution in [0.3, 0.4) is 0 Å². The number of nitrogens with zero attached hydrogens (tertiary/aromatic N) is 2. The largest absolute Gasteiger partial charge is 0.507 e. The highest BCUT2D eigenvalue weighted by molar-refractivity contribution is 7.22. The van der Waals surface area contributed by atoms with Gasteiger partial charge in [0.2, 0.25) is 0 Å². The van der Waals surface area contributed by atoms with Gasteiger partial charge in [0.15, 0.2) is 16.6 Å². The van der Waals surface area contributed by atoms with Crippen LogP contribution in [0, 0.1) is 6.92 Å². The van der Waals surface area contributed by atoms with Gasteiger partial charge < -0.3 is 14.6 Å². The van der Waals surface area contributed by atoms with Crippen LogP contribution in [0.25, 0.3) is 16.0 Å². The van der Waals surface area contributed by atoms with Gasteiger partial charge in [-0.1, -0.05) is 41.1 Å². The highest BCUT2D eigenvalue weighted by Gasteiger charge is 2.48. The molecule has 36 heavy (non-hydrogen) atoms. The smallest absolute Gasteiger partial charge is 0.301 e. The molecule has 7 nitrogen and oxygen atoms in total. The lowest BCUT2D eigenvalue weighted by Gasteiger charge is -2.23. The van der Waals surface area contributed by atoms with Gasteiger partial charge in [0, 0.05) is 10.6 Å². The average molecular weight is 519 g/mol. The Labute approximate surface area is 215 Å². The van der Waals surface area contributed by atoms with Crippen LogP contribution in [-0.4, -0.2) is 35.0 Å². The number of amides is 1. The Morgan fingerprint density at radius 1 is 1.06 bits per heavy atom. The van der Waals surface area contributed by atoms with Gasteiger partial charge in [-0.2, -0.15) is 0 Å². The molecule has 0 aliphatic carbocycles. The first-order valence-corrected chi connectivity index (χ1v) is 12.4. The summed E-state index contributed by atoms with van der Waals surface area (Å²) in [6.45, 7) is 2.78. The van der Waals surface area contributed by atoms with E-state index in [0.29, 0.717) is 46.0 Å². The molecule has 2 aliphatic heterocycles. The molecule has 1 atom stereocenters. The molecule has 1 saturated heterocycles. The summed E-state index contributed by atoms with van der Waals surface area (Å²) in [6, 6.07) is 16.7. The lowest BCUT2D eigenvalue weighted by Crippen LogP contribution is -2.29. The number of halogens is 1. The molecule has 0 radical (unpaired) electrons. The van der Waals surface area contributed by atoms with Crippen LogP contribution < -0.4 is 14.4 Å². The van der Waals surface area contributed by atoms with Crippen molar-refractivity contribution >= 4 is 55.7 Å². The monoisotopic (exact) mass is 518 g/mol. The number of aliphatic hydroxyl groups excluding tert-OH is 1. The van der Waals surface area contributed by atoms with Gasteiger partial charge in [0.05, 0.1) is 21.8 Å². The minimum absolute atomic E-state index is 0.0469. The molecule has 1 aromatic heterocycles. The van der Waals surface area contributed by atoms with E-state index >= 15 is 0 Å². The highest BCUT2D eigenvalue weighted by atomic mass is 35.5. The van der Waals surface area contributed by atoms with Crippen molar-refractivity contribution in [3.63, 3.8) is 0 Å². The van der Waals surface area contributed by atoms with E-state index in [2.05, 4.69) is 4.98 Å². The summed E-state index contributed by atoms with van der Waals surface area (Å²) in [5, 5.41) is 12.2. The molecule has 180 valence electrons. The molecule has 6 rings (SSSR count). The highest BCUT2D eigenvalue weighted by Crippen LogP contribution is 2.45. The normalized spacial score (nSPS) is 18.7. The van der Waals surface area contributed by atoms with Gasteiger partial charge in [-0.05, 0) is 60.5 Å². The van der Waals surface area contributed by atoms with Crippen molar-refractivity contribution in [3.05, 3.63) is 87.9 Å². The molecule has 3 aromatic carbocycles. The molecular weight excluding hydrogens is 500 g/mol. The Balaban J connectivity index is 1.54. The van der Waals surface area contributed by atoms with E-state index in [9.17, 15) is 14.7 Å². The zero-order valence-corrected chi connectivity index (χ0v) is 20.6. The van der Waals surface area contributed by atoms with Crippen LogP contribution >= 0.6 is 22.9 Å². The van der Waals surface area contributed by atoms with Crippen molar-refractivity contribution in [2.75, 3.05) is 18.1 Å². The molecule has 0 bridgehead atoms. The minimum atomic E-state index is -0.918. The molecule has 1 fully saturated rings. The number of aryl methyl sites for hydroxylation is 1. The van der Waals surface area contributed by atoms with Crippen LogP contribution in [0.4, 0.5) is 5.13 Å². The third-order valence-electron chi connectivity index (χ3n) is 6.16. The number of ether oxygens (including phenoxy) is 2. The van der Waals surface area contributed by atoms with Crippen LogP contribution in [0.15, 0.2) is 66.2 Å². The number of Topliss-reactive ketones (excluding diaryl/α,β-unsaturated/α-hetero) is 1. The molecular formula is C27H19ClN2O5S. The first-order chi connectivity index (χ1) is 17.4. The van der Waals surface area contributed by atoms with Crippen molar-refractivity contribution < 1.29 is 24.2 Å². The molecule has 0 spiro atoms. The van der Waals surface area contributed by atoms with E-state index in [4.69, 9.17) is 21.1 Å². The Kier molecular flexibility index (Phi) is 5.43. The summed E-state index contributed by atoms with van der Waals surface area (Å²) in [5.74, 6) is -0.873. The number of rotatable bonds is 3. The number of aliphatic hydroxyl groups is 1. The number of ketones is 1. The second-order valence-corrected chi connectivity index (χ2v) is 10.00. The van der Waals surface area contributed by atoms with Gasteiger partial charge in [-0.25, -0.2) is 4.98 Å². The quantitative estimate of drug-likeness (QED) is 0.214. The molecule has 1 unspecified atom stereocenters. The molecule has 0 saturated carbocycles. The Morgan fingerprint density at radius 2 is 1.86 bits per heavy atom. The maximum absolute atomic E-state index is 13.4. The van der Waals surface area contributed by atoms with Gasteiger partial charge in [0.1, 0.15) is 19.0 Å². The van der Waals surface area contributed by atoms with Gasteiger partial charge in [-0.15, -0.1) is 0 Å². The molecule has 3 heterocycles. The van der Waals surface area contributed by atoms with E-state index in [1.165, 1.54) is 16.2 Å². The van der Waals surface area contributed by atoms with E-state index in [0.717, 1.165) is 15.8 Å². The summed E-state index contributed by atoms with van der Waals surface area (Å²) in [7, 11) is 0. The number of carbonyl (C=O) groups is 2. The van der Waals surface area contributed by atoms with E-state index in [-0.39, 0.29) is 11.3 Å². The van der Waals surface area contributed by atoms with Gasteiger partial charge >= 0.3 is 5.91 Å². The SMILES string of the molecule is Cc1ccc2nc(N3C(=O)C(=O)C(=C(O)c4ccc5c(c4)OCCO5)C3c3cccc(Cl)c3)sc2c1. The predicted molar refractivity (Wildman–Crippen MR) is 138 cm³/mol. The number of hydrogen-bond donors (Lipinski definition) is 1. The summed E-state index contributed by atoms with van der Waals surface area (Å²) >= 11 is 7.60. The predicted octanol–water partition coefficient (Wildman–Crippen LogP) is 5.66. The van der Waals surface area contributed by atoms with Crippen LogP contribution in [-0.2, 0) is 9.59 Å². The molecule has 1 N–H and O–H groups in total. The number of anilines is 1.